The summed E-state index contributed by atoms with van der Waals surface area (Å²) in [6.45, 7) is 6.12. The van der Waals surface area contributed by atoms with Gasteiger partial charge in [0.1, 0.15) is 0 Å². The molecular formula is C17H25N3O3. The molecule has 1 aromatic rings. The zero-order valence-electron chi connectivity index (χ0n) is 13.6. The van der Waals surface area contributed by atoms with Crippen LogP contribution in [0.25, 0.3) is 0 Å². The van der Waals surface area contributed by atoms with Crippen molar-refractivity contribution in [2.45, 2.75) is 26.3 Å². The van der Waals surface area contributed by atoms with Gasteiger partial charge in [-0.2, -0.15) is 0 Å². The van der Waals surface area contributed by atoms with E-state index in [1.807, 2.05) is 24.3 Å². The van der Waals surface area contributed by atoms with Gasteiger partial charge in [-0.15, -0.1) is 0 Å². The SMILES string of the molecule is CCNCc1cccc(NC(=O)CCC(=O)N2CCOCC2)c1. The van der Waals surface area contributed by atoms with Crippen LogP contribution in [0.15, 0.2) is 24.3 Å². The van der Waals surface area contributed by atoms with E-state index in [1.54, 1.807) is 4.90 Å². The van der Waals surface area contributed by atoms with Crippen LogP contribution in [-0.4, -0.2) is 49.6 Å². The summed E-state index contributed by atoms with van der Waals surface area (Å²) in [6, 6.07) is 7.74. The largest absolute Gasteiger partial charge is 0.378 e. The first-order valence-electron chi connectivity index (χ1n) is 8.14. The summed E-state index contributed by atoms with van der Waals surface area (Å²) in [4.78, 5) is 25.8. The molecule has 23 heavy (non-hydrogen) atoms. The number of carbonyl (C=O) groups is 2. The van der Waals surface area contributed by atoms with E-state index in [1.165, 1.54) is 0 Å². The van der Waals surface area contributed by atoms with Gasteiger partial charge in [0.05, 0.1) is 13.2 Å². The monoisotopic (exact) mass is 319 g/mol. The Balaban J connectivity index is 1.76. The molecule has 0 radical (unpaired) electrons. The highest BCUT2D eigenvalue weighted by Gasteiger charge is 2.17. The third kappa shape index (κ3) is 6.00. The second-order valence-electron chi connectivity index (χ2n) is 5.52. The van der Waals surface area contributed by atoms with Gasteiger partial charge < -0.3 is 20.3 Å². The molecule has 2 N–H and O–H groups in total. The van der Waals surface area contributed by atoms with Crippen LogP contribution >= 0.6 is 0 Å². The van der Waals surface area contributed by atoms with Crippen LogP contribution in [0.3, 0.4) is 0 Å². The molecule has 126 valence electrons. The summed E-state index contributed by atoms with van der Waals surface area (Å²) >= 11 is 0. The predicted molar refractivity (Wildman–Crippen MR) is 89.1 cm³/mol. The van der Waals surface area contributed by atoms with Crippen LogP contribution in [0.1, 0.15) is 25.3 Å². The lowest BCUT2D eigenvalue weighted by Gasteiger charge is -2.26. The van der Waals surface area contributed by atoms with Crippen molar-refractivity contribution in [2.24, 2.45) is 0 Å². The van der Waals surface area contributed by atoms with Gasteiger partial charge >= 0.3 is 0 Å². The number of benzene rings is 1. The molecule has 1 aliphatic rings. The summed E-state index contributed by atoms with van der Waals surface area (Å²) in [5, 5.41) is 6.10. The molecule has 0 saturated carbocycles. The standard InChI is InChI=1S/C17H25N3O3/c1-2-18-13-14-4-3-5-15(12-14)19-16(21)6-7-17(22)20-8-10-23-11-9-20/h3-5,12,18H,2,6-11,13H2,1H3,(H,19,21). The zero-order chi connectivity index (χ0) is 16.5. The minimum atomic E-state index is -0.132. The first-order chi connectivity index (χ1) is 11.2. The number of anilines is 1. The molecule has 0 atom stereocenters. The first-order valence-corrected chi connectivity index (χ1v) is 8.14. The molecule has 0 unspecified atom stereocenters. The topological polar surface area (TPSA) is 70.7 Å². The Morgan fingerprint density at radius 1 is 1.22 bits per heavy atom. The van der Waals surface area contributed by atoms with E-state index < -0.39 is 0 Å². The lowest BCUT2D eigenvalue weighted by atomic mass is 10.2. The molecule has 1 aromatic carbocycles. The van der Waals surface area contributed by atoms with E-state index in [-0.39, 0.29) is 24.7 Å². The van der Waals surface area contributed by atoms with E-state index in [0.717, 1.165) is 24.3 Å². The molecule has 6 nitrogen and oxygen atoms in total. The van der Waals surface area contributed by atoms with E-state index in [4.69, 9.17) is 4.74 Å². The number of nitrogens with zero attached hydrogens (tertiary/aromatic N) is 1. The Hall–Kier alpha value is -1.92. The smallest absolute Gasteiger partial charge is 0.224 e. The Morgan fingerprint density at radius 3 is 2.74 bits per heavy atom. The number of rotatable bonds is 7. The third-order valence-corrected chi connectivity index (χ3v) is 3.72. The first kappa shape index (κ1) is 17.4. The minimum Gasteiger partial charge on any atom is -0.378 e. The van der Waals surface area contributed by atoms with Gasteiger partial charge in [-0.05, 0) is 24.2 Å². The number of amides is 2. The highest BCUT2D eigenvalue weighted by atomic mass is 16.5. The molecule has 0 aromatic heterocycles. The van der Waals surface area contributed by atoms with Crippen molar-refractivity contribution in [2.75, 3.05) is 38.2 Å². The summed E-state index contributed by atoms with van der Waals surface area (Å²) < 4.78 is 5.22. The lowest BCUT2D eigenvalue weighted by Crippen LogP contribution is -2.40. The number of hydrogen-bond donors (Lipinski definition) is 2. The molecule has 1 heterocycles. The van der Waals surface area contributed by atoms with Gasteiger partial charge in [-0.1, -0.05) is 19.1 Å². The molecule has 2 amide bonds. The fourth-order valence-corrected chi connectivity index (χ4v) is 2.44. The minimum absolute atomic E-state index is 0.0179. The van der Waals surface area contributed by atoms with Crippen LogP contribution in [0.4, 0.5) is 5.69 Å². The highest BCUT2D eigenvalue weighted by molar-refractivity contribution is 5.93. The van der Waals surface area contributed by atoms with Crippen LogP contribution in [0.5, 0.6) is 0 Å². The highest BCUT2D eigenvalue weighted by Crippen LogP contribution is 2.11. The second kappa shape index (κ2) is 9.27. The van der Waals surface area contributed by atoms with Gasteiger partial charge in [0.15, 0.2) is 0 Å². The summed E-state index contributed by atoms with van der Waals surface area (Å²) in [5.41, 5.74) is 1.89. The molecule has 1 aliphatic heterocycles. The molecular weight excluding hydrogens is 294 g/mol. The second-order valence-corrected chi connectivity index (χ2v) is 5.52. The van der Waals surface area contributed by atoms with Gasteiger partial charge in [0, 0.05) is 38.2 Å². The summed E-state index contributed by atoms with van der Waals surface area (Å²) in [7, 11) is 0. The van der Waals surface area contributed by atoms with E-state index in [0.29, 0.717) is 26.3 Å². The summed E-state index contributed by atoms with van der Waals surface area (Å²) in [6.07, 6.45) is 0.441. The van der Waals surface area contributed by atoms with Crippen LogP contribution in [0.2, 0.25) is 0 Å². The van der Waals surface area contributed by atoms with Crippen molar-refractivity contribution in [3.05, 3.63) is 29.8 Å². The average molecular weight is 319 g/mol. The van der Waals surface area contributed by atoms with Crippen molar-refractivity contribution < 1.29 is 14.3 Å². The third-order valence-electron chi connectivity index (χ3n) is 3.72. The van der Waals surface area contributed by atoms with Crippen molar-refractivity contribution in [3.8, 4) is 0 Å². The predicted octanol–water partition coefficient (Wildman–Crippen LogP) is 1.37. The van der Waals surface area contributed by atoms with Crippen molar-refractivity contribution in [3.63, 3.8) is 0 Å². The number of carbonyl (C=O) groups excluding carboxylic acids is 2. The number of ether oxygens (including phenoxy) is 1. The number of hydrogen-bond acceptors (Lipinski definition) is 4. The van der Waals surface area contributed by atoms with Crippen molar-refractivity contribution in [1.29, 1.82) is 0 Å². The quantitative estimate of drug-likeness (QED) is 0.796. The molecule has 1 fully saturated rings. The Kier molecular flexibility index (Phi) is 7.03. The van der Waals surface area contributed by atoms with E-state index in [9.17, 15) is 9.59 Å². The lowest BCUT2D eigenvalue weighted by molar-refractivity contribution is -0.136. The fourth-order valence-electron chi connectivity index (χ4n) is 2.44. The summed E-state index contributed by atoms with van der Waals surface area (Å²) in [5.74, 6) is -0.114. The van der Waals surface area contributed by atoms with Gasteiger partial charge in [-0.3, -0.25) is 9.59 Å². The Labute approximate surface area is 137 Å². The Bertz CT molecular complexity index is 528. The number of morpholine rings is 1. The molecule has 1 saturated heterocycles. The molecule has 0 spiro atoms. The number of nitrogens with one attached hydrogen (secondary N) is 2. The van der Waals surface area contributed by atoms with E-state index in [2.05, 4.69) is 17.6 Å². The van der Waals surface area contributed by atoms with Gasteiger partial charge in [0.25, 0.3) is 0 Å². The maximum absolute atomic E-state index is 12.0. The maximum Gasteiger partial charge on any atom is 0.224 e. The Morgan fingerprint density at radius 2 is 2.00 bits per heavy atom. The van der Waals surface area contributed by atoms with E-state index >= 15 is 0 Å². The van der Waals surface area contributed by atoms with Gasteiger partial charge in [-0.25, -0.2) is 0 Å². The molecule has 2 rings (SSSR count). The zero-order valence-corrected chi connectivity index (χ0v) is 13.6. The molecule has 0 bridgehead atoms. The van der Waals surface area contributed by atoms with Crippen LogP contribution in [-0.2, 0) is 20.9 Å². The van der Waals surface area contributed by atoms with Gasteiger partial charge in [0.2, 0.25) is 11.8 Å². The molecule has 6 heteroatoms. The maximum atomic E-state index is 12.0. The van der Waals surface area contributed by atoms with Crippen LogP contribution in [0, 0.1) is 0 Å². The van der Waals surface area contributed by atoms with Crippen molar-refractivity contribution >= 4 is 17.5 Å². The van der Waals surface area contributed by atoms with Crippen LogP contribution < -0.4 is 10.6 Å². The van der Waals surface area contributed by atoms with Crippen molar-refractivity contribution in [1.82, 2.24) is 10.2 Å². The average Bonchev–Trinajstić information content (AvgIpc) is 2.59. The normalized spacial score (nSPS) is 14.6. The molecule has 0 aliphatic carbocycles. The fraction of sp³-hybridized carbons (Fsp3) is 0.529.